The minimum absolute atomic E-state index is 0.0170. The number of aryl methyl sites for hydroxylation is 1. The van der Waals surface area contributed by atoms with E-state index < -0.39 is 29.5 Å². The molecule has 0 bridgehead atoms. The Labute approximate surface area is 210 Å². The van der Waals surface area contributed by atoms with Crippen LogP contribution >= 0.6 is 11.6 Å². The zero-order valence-electron chi connectivity index (χ0n) is 18.8. The summed E-state index contributed by atoms with van der Waals surface area (Å²) in [6.07, 6.45) is -12.5. The molecule has 0 aliphatic carbocycles. The van der Waals surface area contributed by atoms with Crippen molar-refractivity contribution in [2.45, 2.75) is 31.5 Å². The van der Waals surface area contributed by atoms with Crippen molar-refractivity contribution in [3.05, 3.63) is 93.5 Å². The normalized spacial score (nSPS) is 14.1. The highest BCUT2D eigenvalue weighted by molar-refractivity contribution is 6.34. The van der Waals surface area contributed by atoms with Crippen molar-refractivity contribution in [3.63, 3.8) is 0 Å². The van der Waals surface area contributed by atoms with Crippen molar-refractivity contribution < 1.29 is 40.3 Å². The Balaban J connectivity index is 1.61. The predicted molar refractivity (Wildman–Crippen MR) is 122 cm³/mol. The summed E-state index contributed by atoms with van der Waals surface area (Å²) in [7, 11) is 0. The standard InChI is InChI=1S/C25H16ClF7N2O2/c1-13-10-15(23(27,24(28,29)30)25(31,32)33)6-9-20(13)34-21(36)18-11-16(7-8-19(18)26)35-12-14-4-2-3-5-17(14)22(35)37/h2-11H,12H2,1H3,(H,34,36). The molecule has 0 radical (unpaired) electrons. The molecule has 1 heterocycles. The summed E-state index contributed by atoms with van der Waals surface area (Å²) < 4.78 is 92.8. The number of anilines is 2. The number of alkyl halides is 7. The van der Waals surface area contributed by atoms with Gasteiger partial charge in [0.25, 0.3) is 11.8 Å². The van der Waals surface area contributed by atoms with Crippen LogP contribution in [0.15, 0.2) is 60.7 Å². The zero-order chi connectivity index (χ0) is 27.3. The van der Waals surface area contributed by atoms with E-state index in [0.717, 1.165) is 18.6 Å². The van der Waals surface area contributed by atoms with Gasteiger partial charge in [-0.05, 0) is 48.4 Å². The highest BCUT2D eigenvalue weighted by Gasteiger charge is 2.73. The summed E-state index contributed by atoms with van der Waals surface area (Å²) in [6, 6.07) is 12.6. The monoisotopic (exact) mass is 544 g/mol. The van der Waals surface area contributed by atoms with Gasteiger partial charge in [0, 0.05) is 22.5 Å². The number of hydrogen-bond donors (Lipinski definition) is 1. The molecule has 0 unspecified atom stereocenters. The van der Waals surface area contributed by atoms with Gasteiger partial charge in [-0.1, -0.05) is 41.9 Å². The fourth-order valence-electron chi connectivity index (χ4n) is 4.01. The van der Waals surface area contributed by atoms with Gasteiger partial charge in [0.1, 0.15) is 0 Å². The van der Waals surface area contributed by atoms with E-state index in [4.69, 9.17) is 11.6 Å². The van der Waals surface area contributed by atoms with E-state index in [1.54, 1.807) is 24.3 Å². The molecule has 37 heavy (non-hydrogen) atoms. The molecular formula is C25H16ClF7N2O2. The van der Waals surface area contributed by atoms with Gasteiger partial charge in [-0.3, -0.25) is 9.59 Å². The largest absolute Gasteiger partial charge is 0.435 e. The number of amides is 2. The summed E-state index contributed by atoms with van der Waals surface area (Å²) in [4.78, 5) is 27.1. The van der Waals surface area contributed by atoms with Gasteiger partial charge in [-0.2, -0.15) is 26.3 Å². The molecule has 0 saturated carbocycles. The Morgan fingerprint density at radius 3 is 2.16 bits per heavy atom. The van der Waals surface area contributed by atoms with E-state index in [0.29, 0.717) is 23.4 Å². The average molecular weight is 545 g/mol. The third kappa shape index (κ3) is 4.52. The van der Waals surface area contributed by atoms with Crippen molar-refractivity contribution in [2.24, 2.45) is 0 Å². The number of carbonyl (C=O) groups excluding carboxylic acids is 2. The van der Waals surface area contributed by atoms with E-state index in [1.165, 1.54) is 23.1 Å². The Hall–Kier alpha value is -3.60. The molecule has 4 nitrogen and oxygen atoms in total. The van der Waals surface area contributed by atoms with E-state index in [2.05, 4.69) is 5.32 Å². The third-order valence-corrected chi connectivity index (χ3v) is 6.31. The first-order chi connectivity index (χ1) is 17.1. The number of halogens is 8. The summed E-state index contributed by atoms with van der Waals surface area (Å²) >= 11 is 6.15. The van der Waals surface area contributed by atoms with Gasteiger partial charge in [0.2, 0.25) is 0 Å². The van der Waals surface area contributed by atoms with Crippen LogP contribution in [0.1, 0.15) is 37.4 Å². The van der Waals surface area contributed by atoms with Crippen molar-refractivity contribution in [1.29, 1.82) is 0 Å². The number of nitrogens with zero attached hydrogens (tertiary/aromatic N) is 1. The Morgan fingerprint density at radius 2 is 1.57 bits per heavy atom. The van der Waals surface area contributed by atoms with Crippen LogP contribution in [0, 0.1) is 6.92 Å². The summed E-state index contributed by atoms with van der Waals surface area (Å²) in [5.41, 5.74) is -6.14. The van der Waals surface area contributed by atoms with Crippen molar-refractivity contribution in [1.82, 2.24) is 0 Å². The first-order valence-corrected chi connectivity index (χ1v) is 11.0. The molecule has 0 saturated heterocycles. The van der Waals surface area contributed by atoms with Crippen molar-refractivity contribution in [2.75, 3.05) is 10.2 Å². The van der Waals surface area contributed by atoms with E-state index in [1.807, 2.05) is 0 Å². The molecule has 1 N–H and O–H groups in total. The van der Waals surface area contributed by atoms with Crippen LogP contribution in [0.25, 0.3) is 0 Å². The zero-order valence-corrected chi connectivity index (χ0v) is 19.5. The van der Waals surface area contributed by atoms with Crippen LogP contribution in [0.2, 0.25) is 5.02 Å². The lowest BCUT2D eigenvalue weighted by atomic mass is 9.92. The highest BCUT2D eigenvalue weighted by atomic mass is 35.5. The molecular weight excluding hydrogens is 529 g/mol. The lowest BCUT2D eigenvalue weighted by Gasteiger charge is -2.30. The maximum absolute atomic E-state index is 14.4. The summed E-state index contributed by atoms with van der Waals surface area (Å²) in [6.45, 7) is 1.37. The lowest BCUT2D eigenvalue weighted by Crippen LogP contribution is -2.50. The molecule has 0 aromatic heterocycles. The first kappa shape index (κ1) is 26.5. The van der Waals surface area contributed by atoms with Crippen LogP contribution in [-0.2, 0) is 12.2 Å². The summed E-state index contributed by atoms with van der Waals surface area (Å²) in [5, 5.41) is 2.34. The molecule has 194 valence electrons. The van der Waals surface area contributed by atoms with Gasteiger partial charge < -0.3 is 10.2 Å². The average Bonchev–Trinajstić information content (AvgIpc) is 3.15. The molecule has 0 atom stereocenters. The second kappa shape index (κ2) is 9.05. The van der Waals surface area contributed by atoms with Gasteiger partial charge >= 0.3 is 18.0 Å². The molecule has 3 aromatic carbocycles. The Bertz CT molecular complexity index is 1390. The van der Waals surface area contributed by atoms with Crippen molar-refractivity contribution >= 4 is 34.8 Å². The topological polar surface area (TPSA) is 49.4 Å². The third-order valence-electron chi connectivity index (χ3n) is 5.98. The van der Waals surface area contributed by atoms with E-state index in [-0.39, 0.29) is 34.3 Å². The number of rotatable bonds is 4. The number of benzene rings is 3. The highest BCUT2D eigenvalue weighted by Crippen LogP contribution is 2.53. The predicted octanol–water partition coefficient (Wildman–Crippen LogP) is 7.35. The molecule has 2 amide bonds. The first-order valence-electron chi connectivity index (χ1n) is 10.6. The van der Waals surface area contributed by atoms with Crippen LogP contribution in [0.3, 0.4) is 0 Å². The maximum atomic E-state index is 14.4. The molecule has 0 spiro atoms. The number of nitrogens with one attached hydrogen (secondary N) is 1. The lowest BCUT2D eigenvalue weighted by molar-refractivity contribution is -0.348. The molecule has 4 rings (SSSR count). The quantitative estimate of drug-likeness (QED) is 0.349. The number of carbonyl (C=O) groups is 2. The van der Waals surface area contributed by atoms with Gasteiger partial charge in [0.05, 0.1) is 17.1 Å². The van der Waals surface area contributed by atoms with Crippen LogP contribution in [0.4, 0.5) is 42.1 Å². The fraction of sp³-hybridized carbons (Fsp3) is 0.200. The van der Waals surface area contributed by atoms with Gasteiger partial charge in [0.15, 0.2) is 0 Å². The summed E-state index contributed by atoms with van der Waals surface area (Å²) in [5.74, 6) is -1.13. The van der Waals surface area contributed by atoms with Gasteiger partial charge in [-0.15, -0.1) is 0 Å². The maximum Gasteiger partial charge on any atom is 0.435 e. The van der Waals surface area contributed by atoms with E-state index >= 15 is 0 Å². The van der Waals surface area contributed by atoms with Gasteiger partial charge in [-0.25, -0.2) is 4.39 Å². The Morgan fingerprint density at radius 1 is 0.919 bits per heavy atom. The molecule has 0 fully saturated rings. The minimum atomic E-state index is -6.26. The second-order valence-electron chi connectivity index (χ2n) is 8.35. The smallest absolute Gasteiger partial charge is 0.322 e. The molecule has 3 aromatic rings. The molecule has 1 aliphatic rings. The number of hydrogen-bond acceptors (Lipinski definition) is 2. The molecule has 12 heteroatoms. The Kier molecular flexibility index (Phi) is 6.48. The van der Waals surface area contributed by atoms with Crippen LogP contribution in [-0.4, -0.2) is 24.2 Å². The second-order valence-corrected chi connectivity index (χ2v) is 8.76. The number of fused-ring (bicyclic) bond motifs is 1. The van der Waals surface area contributed by atoms with Crippen LogP contribution in [0.5, 0.6) is 0 Å². The van der Waals surface area contributed by atoms with Crippen molar-refractivity contribution in [3.8, 4) is 0 Å². The van der Waals surface area contributed by atoms with Crippen LogP contribution < -0.4 is 10.2 Å². The molecule has 1 aliphatic heterocycles. The van der Waals surface area contributed by atoms with E-state index in [9.17, 15) is 40.3 Å². The SMILES string of the molecule is Cc1cc(C(F)(C(F)(F)F)C(F)(F)F)ccc1NC(=O)c1cc(N2Cc3ccccc3C2=O)ccc1Cl. The minimum Gasteiger partial charge on any atom is -0.322 e. The fourth-order valence-corrected chi connectivity index (χ4v) is 4.22.